The van der Waals surface area contributed by atoms with Gasteiger partial charge in [-0.2, -0.15) is 0 Å². The van der Waals surface area contributed by atoms with E-state index >= 15 is 0 Å². The second-order valence-electron chi connectivity index (χ2n) is 15.3. The van der Waals surface area contributed by atoms with E-state index in [1.165, 1.54) is 12.8 Å². The smallest absolute Gasteiger partial charge is 0.306 e. The van der Waals surface area contributed by atoms with Crippen molar-refractivity contribution in [1.29, 1.82) is 0 Å². The number of hydrogen-bond acceptors (Lipinski definition) is 6. The van der Waals surface area contributed by atoms with E-state index < -0.39 is 5.97 Å². The van der Waals surface area contributed by atoms with Crippen LogP contribution in [0.25, 0.3) is 0 Å². The average Bonchev–Trinajstić information content (AvgIpc) is 3.29. The van der Waals surface area contributed by atoms with Crippen LogP contribution < -0.4 is 16.4 Å². The molecular weight excluding hydrogens is 514 g/mol. The van der Waals surface area contributed by atoms with E-state index in [4.69, 9.17) is 5.73 Å². The Balaban J connectivity index is 1.33. The van der Waals surface area contributed by atoms with Crippen molar-refractivity contribution < 1.29 is 20.1 Å². The van der Waals surface area contributed by atoms with Crippen LogP contribution in [0.5, 0.6) is 0 Å². The first kappa shape index (κ1) is 33.2. The van der Waals surface area contributed by atoms with Crippen molar-refractivity contribution in [1.82, 2.24) is 10.6 Å². The zero-order valence-corrected chi connectivity index (χ0v) is 26.6. The summed E-state index contributed by atoms with van der Waals surface area (Å²) >= 11 is 0. The summed E-state index contributed by atoms with van der Waals surface area (Å²) < 4.78 is 0. The van der Waals surface area contributed by atoms with Gasteiger partial charge in [0.1, 0.15) is 0 Å². The molecule has 0 saturated heterocycles. The minimum atomic E-state index is -0.704. The minimum Gasteiger partial charge on any atom is -0.481 e. The van der Waals surface area contributed by atoms with Crippen LogP contribution in [0.2, 0.25) is 0 Å². The van der Waals surface area contributed by atoms with Crippen molar-refractivity contribution in [3.8, 4) is 0 Å². The number of hydrogen-bond donors (Lipinski definition) is 6. The number of carbonyl (C=O) groups is 1. The molecular formula is C34H63N3O4. The molecule has 0 bridgehead atoms. The molecule has 7 nitrogen and oxygen atoms in total. The van der Waals surface area contributed by atoms with Crippen molar-refractivity contribution in [3.05, 3.63) is 0 Å². The van der Waals surface area contributed by atoms with Gasteiger partial charge in [0, 0.05) is 6.04 Å². The maximum atomic E-state index is 11.9. The van der Waals surface area contributed by atoms with Crippen LogP contribution in [-0.2, 0) is 4.79 Å². The third-order valence-electron chi connectivity index (χ3n) is 13.0. The molecule has 4 fully saturated rings. The van der Waals surface area contributed by atoms with E-state index in [-0.39, 0.29) is 29.0 Å². The Labute approximate surface area is 250 Å². The van der Waals surface area contributed by atoms with Gasteiger partial charge in [0.25, 0.3) is 0 Å². The van der Waals surface area contributed by atoms with Gasteiger partial charge in [0.05, 0.1) is 18.1 Å². The van der Waals surface area contributed by atoms with E-state index in [1.807, 2.05) is 0 Å². The second kappa shape index (κ2) is 14.4. The van der Waals surface area contributed by atoms with Gasteiger partial charge in [-0.1, -0.05) is 40.5 Å². The fraction of sp³-hybridized carbons (Fsp3) is 0.971. The highest BCUT2D eigenvalue weighted by atomic mass is 16.4. The highest BCUT2D eigenvalue weighted by Gasteiger charge is 2.65. The topological polar surface area (TPSA) is 128 Å². The molecule has 4 rings (SSSR count). The van der Waals surface area contributed by atoms with Crippen molar-refractivity contribution in [2.75, 3.05) is 26.2 Å². The molecule has 41 heavy (non-hydrogen) atoms. The summed E-state index contributed by atoms with van der Waals surface area (Å²) in [5.41, 5.74) is 5.62. The number of aliphatic carboxylic acids is 1. The summed E-state index contributed by atoms with van der Waals surface area (Å²) in [6, 6.07) is 0.536. The standard InChI is InChI=1S/C34H63N3O4/c1-22(9-7-10-23(2)32(40)41)26-11-12-27-31-28(21-30(39)34(26,27)4)33(3)14-13-25(19-24(33)20-29(31)38)37-18-8-17-36-16-6-5-15-35/h22-31,36-39H,5-21,35H2,1-4H3,(H,40,41)/t22-,23?,24-,25+,26-,27?,28?,29?,30?,31?,33+,34-/m1/s1. The number of rotatable bonds is 15. The van der Waals surface area contributed by atoms with Crippen LogP contribution in [-0.4, -0.2) is 65.7 Å². The molecule has 4 aliphatic carbocycles. The van der Waals surface area contributed by atoms with E-state index in [0.717, 1.165) is 96.8 Å². The van der Waals surface area contributed by atoms with E-state index in [1.54, 1.807) is 6.92 Å². The second-order valence-corrected chi connectivity index (χ2v) is 15.3. The van der Waals surface area contributed by atoms with E-state index in [0.29, 0.717) is 41.5 Å². The van der Waals surface area contributed by atoms with Gasteiger partial charge in [-0.15, -0.1) is 0 Å². The summed E-state index contributed by atoms with van der Waals surface area (Å²) in [5, 5.41) is 40.2. The zero-order valence-electron chi connectivity index (χ0n) is 26.6. The summed E-state index contributed by atoms with van der Waals surface area (Å²) in [4.78, 5) is 11.3. The van der Waals surface area contributed by atoms with Crippen molar-refractivity contribution in [2.45, 2.75) is 129 Å². The lowest BCUT2D eigenvalue weighted by atomic mass is 9.43. The van der Waals surface area contributed by atoms with Crippen molar-refractivity contribution in [3.63, 3.8) is 0 Å². The monoisotopic (exact) mass is 577 g/mol. The number of aliphatic hydroxyl groups is 2. The molecule has 0 radical (unpaired) electrons. The van der Waals surface area contributed by atoms with Gasteiger partial charge in [-0.05, 0) is 143 Å². The number of unbranched alkanes of at least 4 members (excludes halogenated alkanes) is 1. The number of carboxylic acid groups (broad SMARTS) is 1. The van der Waals surface area contributed by atoms with Gasteiger partial charge in [0.15, 0.2) is 0 Å². The van der Waals surface area contributed by atoms with Gasteiger partial charge in [0.2, 0.25) is 0 Å². The first-order valence-electron chi connectivity index (χ1n) is 17.3. The summed E-state index contributed by atoms with van der Waals surface area (Å²) in [6.07, 6.45) is 13.0. The van der Waals surface area contributed by atoms with Crippen LogP contribution in [0.3, 0.4) is 0 Å². The molecule has 0 heterocycles. The molecule has 0 spiro atoms. The summed E-state index contributed by atoms with van der Waals surface area (Å²) in [5.74, 6) is 1.49. The number of carboxylic acids is 1. The quantitative estimate of drug-likeness (QED) is 0.154. The first-order valence-corrected chi connectivity index (χ1v) is 17.3. The molecule has 12 atom stereocenters. The third-order valence-corrected chi connectivity index (χ3v) is 13.0. The van der Waals surface area contributed by atoms with Crippen LogP contribution >= 0.6 is 0 Å². The molecule has 0 amide bonds. The predicted octanol–water partition coefficient (Wildman–Crippen LogP) is 4.79. The number of aliphatic hydroxyl groups excluding tert-OH is 2. The molecule has 4 saturated carbocycles. The fourth-order valence-electron chi connectivity index (χ4n) is 10.4. The van der Waals surface area contributed by atoms with E-state index in [2.05, 4.69) is 31.4 Å². The Hall–Kier alpha value is -0.730. The molecule has 0 aromatic heterocycles. The molecule has 4 aliphatic rings. The average molecular weight is 578 g/mol. The molecule has 0 aromatic carbocycles. The van der Waals surface area contributed by atoms with Gasteiger partial charge in [-0.3, -0.25) is 4.79 Å². The Morgan fingerprint density at radius 1 is 0.927 bits per heavy atom. The molecule has 238 valence electrons. The molecule has 7 N–H and O–H groups in total. The lowest BCUT2D eigenvalue weighted by Gasteiger charge is -2.63. The SMILES string of the molecule is CC(CCC[C@@H](C)[C@H]1CCC2C3C(O)C[C@H]4C[C@@H](NCCCNCCCCN)CC[C@]4(C)C3CC(O)[C@@]21C)C(=O)O. The Bertz CT molecular complexity index is 843. The van der Waals surface area contributed by atoms with Crippen LogP contribution in [0.4, 0.5) is 0 Å². The number of nitrogens with two attached hydrogens (primary N) is 1. The normalized spacial score (nSPS) is 41.7. The molecule has 0 aromatic rings. The molecule has 0 aliphatic heterocycles. The minimum absolute atomic E-state index is 0.152. The van der Waals surface area contributed by atoms with Crippen molar-refractivity contribution >= 4 is 5.97 Å². The van der Waals surface area contributed by atoms with Crippen LogP contribution in [0.1, 0.15) is 111 Å². The molecule has 7 heteroatoms. The first-order chi connectivity index (χ1) is 19.5. The summed E-state index contributed by atoms with van der Waals surface area (Å²) in [6.45, 7) is 12.9. The van der Waals surface area contributed by atoms with Crippen molar-refractivity contribution in [2.24, 2.45) is 58.0 Å². The predicted molar refractivity (Wildman–Crippen MR) is 165 cm³/mol. The lowest BCUT2D eigenvalue weighted by molar-refractivity contribution is -0.202. The molecule has 6 unspecified atom stereocenters. The fourth-order valence-corrected chi connectivity index (χ4v) is 10.4. The highest BCUT2D eigenvalue weighted by Crippen LogP contribution is 2.68. The Morgan fingerprint density at radius 2 is 1.68 bits per heavy atom. The number of nitrogens with one attached hydrogen (secondary N) is 2. The Morgan fingerprint density at radius 3 is 2.41 bits per heavy atom. The largest absolute Gasteiger partial charge is 0.481 e. The maximum Gasteiger partial charge on any atom is 0.306 e. The maximum absolute atomic E-state index is 11.9. The third kappa shape index (κ3) is 7.00. The van der Waals surface area contributed by atoms with Gasteiger partial charge in [-0.25, -0.2) is 0 Å². The zero-order chi connectivity index (χ0) is 29.8. The van der Waals surface area contributed by atoms with Crippen LogP contribution in [0.15, 0.2) is 0 Å². The number of fused-ring (bicyclic) bond motifs is 5. The summed E-state index contributed by atoms with van der Waals surface area (Å²) in [7, 11) is 0. The highest BCUT2D eigenvalue weighted by molar-refractivity contribution is 5.69. The van der Waals surface area contributed by atoms with E-state index in [9.17, 15) is 20.1 Å². The Kier molecular flexibility index (Phi) is 11.6. The van der Waals surface area contributed by atoms with Crippen LogP contribution in [0, 0.1) is 52.3 Å². The van der Waals surface area contributed by atoms with Gasteiger partial charge >= 0.3 is 5.97 Å². The van der Waals surface area contributed by atoms with Gasteiger partial charge < -0.3 is 31.7 Å². The lowest BCUT2D eigenvalue weighted by Crippen LogP contribution is -2.62.